The average Bonchev–Trinajstić information content (AvgIpc) is 2.73. The van der Waals surface area contributed by atoms with E-state index in [9.17, 15) is 18.3 Å². The molecule has 0 spiro atoms. The van der Waals surface area contributed by atoms with Crippen LogP contribution in [0.5, 0.6) is 5.75 Å². The monoisotopic (exact) mass is 441 g/mol. The zero-order valence-corrected chi connectivity index (χ0v) is 17.6. The van der Waals surface area contributed by atoms with Gasteiger partial charge in [0.15, 0.2) is 0 Å². The lowest BCUT2D eigenvalue weighted by molar-refractivity contribution is -0.138. The molecule has 3 aromatic carbocycles. The van der Waals surface area contributed by atoms with E-state index >= 15 is 0 Å². The molecule has 0 radical (unpaired) electrons. The molecule has 31 heavy (non-hydrogen) atoms. The molecule has 0 aliphatic rings. The van der Waals surface area contributed by atoms with E-state index in [1.807, 2.05) is 6.92 Å². The number of aliphatic carboxylic acids is 1. The van der Waals surface area contributed by atoms with Crippen LogP contribution in [0.25, 0.3) is 10.8 Å². The smallest absolute Gasteiger partial charge is 0.322 e. The first-order valence-electron chi connectivity index (χ1n) is 9.56. The molecule has 0 aliphatic carbocycles. The molecule has 0 bridgehead atoms. The lowest BCUT2D eigenvalue weighted by Crippen LogP contribution is -2.42. The van der Waals surface area contributed by atoms with Crippen LogP contribution in [0.3, 0.4) is 0 Å². The van der Waals surface area contributed by atoms with Gasteiger partial charge in [0.05, 0.1) is 11.5 Å². The van der Waals surface area contributed by atoms with E-state index in [4.69, 9.17) is 15.9 Å². The number of nitrogens with two attached hydrogens (primary N) is 1. The molecule has 0 saturated heterocycles. The molecular weight excluding hydrogens is 418 g/mol. The van der Waals surface area contributed by atoms with Crippen LogP contribution in [-0.4, -0.2) is 38.0 Å². The largest absolute Gasteiger partial charge is 0.493 e. The molecule has 0 aliphatic heterocycles. The maximum absolute atomic E-state index is 13.1. The summed E-state index contributed by atoms with van der Waals surface area (Å²) < 4.78 is 34.1. The molecule has 0 amide bonds. The first-order chi connectivity index (χ1) is 14.7. The molecule has 3 rings (SSSR count). The van der Waals surface area contributed by atoms with Gasteiger partial charge in [0.25, 0.3) is 0 Å². The lowest BCUT2D eigenvalue weighted by atomic mass is 10.0. The summed E-state index contributed by atoms with van der Waals surface area (Å²) in [6.07, 6.45) is -0.107. The average molecular weight is 442 g/mol. The van der Waals surface area contributed by atoms with E-state index < -0.39 is 22.0 Å². The van der Waals surface area contributed by atoms with Gasteiger partial charge in [-0.2, -0.15) is 4.72 Å². The number of amidine groups is 1. The van der Waals surface area contributed by atoms with E-state index in [-0.39, 0.29) is 17.2 Å². The third-order valence-corrected chi connectivity index (χ3v) is 6.24. The number of hydrogen-bond donors (Lipinski definition) is 4. The second-order valence-electron chi connectivity index (χ2n) is 6.87. The van der Waals surface area contributed by atoms with Crippen LogP contribution in [0.2, 0.25) is 0 Å². The van der Waals surface area contributed by atoms with Gasteiger partial charge in [0, 0.05) is 16.3 Å². The summed E-state index contributed by atoms with van der Waals surface area (Å²) in [7, 11) is -4.16. The number of carboxylic acids is 1. The maximum Gasteiger partial charge on any atom is 0.322 e. The Bertz CT molecular complexity index is 1240. The Morgan fingerprint density at radius 1 is 1.13 bits per heavy atom. The molecule has 3 aromatic rings. The fourth-order valence-electron chi connectivity index (χ4n) is 3.29. The van der Waals surface area contributed by atoms with Crippen molar-refractivity contribution in [1.82, 2.24) is 4.72 Å². The SMILES string of the molecule is CCOc1ccc(S(=O)(=O)N[C@@H](Cc2cccc(C(=N)N)c2)C(=O)O)c2ccccc12. The molecule has 8 nitrogen and oxygen atoms in total. The third kappa shape index (κ3) is 5.01. The van der Waals surface area contributed by atoms with Crippen molar-refractivity contribution in [2.45, 2.75) is 24.3 Å². The minimum Gasteiger partial charge on any atom is -0.493 e. The number of ether oxygens (including phenoxy) is 1. The number of carbonyl (C=O) groups is 1. The van der Waals surface area contributed by atoms with Crippen LogP contribution in [0.4, 0.5) is 0 Å². The topological polar surface area (TPSA) is 143 Å². The first-order valence-corrected chi connectivity index (χ1v) is 11.0. The van der Waals surface area contributed by atoms with E-state index in [2.05, 4.69) is 4.72 Å². The molecule has 0 heterocycles. The van der Waals surface area contributed by atoms with Gasteiger partial charge in [-0.3, -0.25) is 10.2 Å². The zero-order valence-electron chi connectivity index (χ0n) is 16.8. The summed E-state index contributed by atoms with van der Waals surface area (Å²) in [6.45, 7) is 2.26. The highest BCUT2D eigenvalue weighted by atomic mass is 32.2. The number of sulfonamides is 1. The number of nitrogens with one attached hydrogen (secondary N) is 2. The van der Waals surface area contributed by atoms with Crippen molar-refractivity contribution in [1.29, 1.82) is 5.41 Å². The van der Waals surface area contributed by atoms with Crippen molar-refractivity contribution < 1.29 is 23.1 Å². The van der Waals surface area contributed by atoms with Crippen molar-refractivity contribution in [3.63, 3.8) is 0 Å². The van der Waals surface area contributed by atoms with E-state index in [1.54, 1.807) is 54.6 Å². The number of carboxylic acid groups (broad SMARTS) is 1. The number of rotatable bonds is 9. The molecule has 0 saturated carbocycles. The van der Waals surface area contributed by atoms with Crippen LogP contribution >= 0.6 is 0 Å². The summed E-state index contributed by atoms with van der Waals surface area (Å²) in [6, 6.07) is 14.9. The van der Waals surface area contributed by atoms with E-state index in [0.717, 1.165) is 0 Å². The van der Waals surface area contributed by atoms with Gasteiger partial charge >= 0.3 is 5.97 Å². The highest BCUT2D eigenvalue weighted by Crippen LogP contribution is 2.31. The van der Waals surface area contributed by atoms with Crippen LogP contribution in [0.15, 0.2) is 65.6 Å². The Kier molecular flexibility index (Phi) is 6.57. The van der Waals surface area contributed by atoms with Gasteiger partial charge in [0.2, 0.25) is 10.0 Å². The van der Waals surface area contributed by atoms with Gasteiger partial charge in [0.1, 0.15) is 17.6 Å². The number of nitrogen functional groups attached to an aromatic ring is 1. The van der Waals surface area contributed by atoms with Crippen molar-refractivity contribution in [2.24, 2.45) is 5.73 Å². The highest BCUT2D eigenvalue weighted by Gasteiger charge is 2.27. The Morgan fingerprint density at radius 3 is 2.48 bits per heavy atom. The fourth-order valence-corrected chi connectivity index (χ4v) is 4.69. The second-order valence-corrected chi connectivity index (χ2v) is 8.55. The van der Waals surface area contributed by atoms with E-state index in [1.165, 1.54) is 6.07 Å². The Hall–Kier alpha value is -3.43. The number of hydrogen-bond acceptors (Lipinski definition) is 5. The second kappa shape index (κ2) is 9.15. The number of benzene rings is 3. The highest BCUT2D eigenvalue weighted by molar-refractivity contribution is 7.89. The van der Waals surface area contributed by atoms with Gasteiger partial charge in [-0.15, -0.1) is 0 Å². The van der Waals surface area contributed by atoms with Crippen LogP contribution < -0.4 is 15.2 Å². The van der Waals surface area contributed by atoms with Crippen molar-refractivity contribution in [3.05, 3.63) is 71.8 Å². The van der Waals surface area contributed by atoms with E-state index in [0.29, 0.717) is 34.3 Å². The summed E-state index contributed by atoms with van der Waals surface area (Å²) in [5.41, 5.74) is 6.46. The first kappa shape index (κ1) is 22.3. The zero-order chi connectivity index (χ0) is 22.6. The predicted octanol–water partition coefficient (Wildman–Crippen LogP) is 2.50. The summed E-state index contributed by atoms with van der Waals surface area (Å²) in [5.74, 6) is -0.921. The third-order valence-electron chi connectivity index (χ3n) is 4.71. The summed E-state index contributed by atoms with van der Waals surface area (Å²) >= 11 is 0. The molecule has 5 N–H and O–H groups in total. The molecule has 0 fully saturated rings. The quantitative estimate of drug-likeness (QED) is 0.297. The Morgan fingerprint density at radius 2 is 1.84 bits per heavy atom. The molecular formula is C22H23N3O5S. The van der Waals surface area contributed by atoms with Crippen molar-refractivity contribution in [3.8, 4) is 5.75 Å². The summed E-state index contributed by atoms with van der Waals surface area (Å²) in [4.78, 5) is 11.8. The molecule has 1 atom stereocenters. The Balaban J connectivity index is 1.96. The van der Waals surface area contributed by atoms with Gasteiger partial charge in [-0.25, -0.2) is 8.42 Å². The van der Waals surface area contributed by atoms with Crippen LogP contribution in [0, 0.1) is 5.41 Å². The predicted molar refractivity (Wildman–Crippen MR) is 118 cm³/mol. The Labute approximate surface area is 180 Å². The van der Waals surface area contributed by atoms with Gasteiger partial charge < -0.3 is 15.6 Å². The summed E-state index contributed by atoms with van der Waals surface area (Å²) in [5, 5.41) is 18.2. The standard InChI is InChI=1S/C22H23N3O5S/c1-2-30-19-10-11-20(17-9-4-3-8-16(17)19)31(28,29)25-18(22(26)27)13-14-6-5-7-15(12-14)21(23)24/h3-12,18,25H,2,13H2,1H3,(H3,23,24)(H,26,27)/t18-/m0/s1. The van der Waals surface area contributed by atoms with Crippen LogP contribution in [0.1, 0.15) is 18.1 Å². The molecule has 0 unspecified atom stereocenters. The van der Waals surface area contributed by atoms with Crippen molar-refractivity contribution >= 4 is 32.6 Å². The normalized spacial score (nSPS) is 12.4. The maximum atomic E-state index is 13.1. The van der Waals surface area contributed by atoms with Gasteiger partial charge in [-0.05, 0) is 37.1 Å². The molecule has 0 aromatic heterocycles. The molecule has 9 heteroatoms. The molecule has 162 valence electrons. The van der Waals surface area contributed by atoms with Crippen LogP contribution in [-0.2, 0) is 21.2 Å². The minimum absolute atomic E-state index is 0.0321. The van der Waals surface area contributed by atoms with Gasteiger partial charge in [-0.1, -0.05) is 42.5 Å². The lowest BCUT2D eigenvalue weighted by Gasteiger charge is -2.17. The van der Waals surface area contributed by atoms with Crippen molar-refractivity contribution in [2.75, 3.05) is 6.61 Å². The number of fused-ring (bicyclic) bond motifs is 1. The minimum atomic E-state index is -4.16. The fraction of sp³-hybridized carbons (Fsp3) is 0.182.